The zero-order valence-electron chi connectivity index (χ0n) is 16.7. The Kier molecular flexibility index (Phi) is 3.81. The highest BCUT2D eigenvalue weighted by molar-refractivity contribution is 5.94. The van der Waals surface area contributed by atoms with Crippen molar-refractivity contribution in [2.75, 3.05) is 0 Å². The van der Waals surface area contributed by atoms with Crippen LogP contribution in [0.25, 0.3) is 16.9 Å². The Labute approximate surface area is 168 Å². The second-order valence-corrected chi connectivity index (χ2v) is 8.33. The molecular weight excluding hydrogens is 364 g/mol. The molecule has 7 heteroatoms. The molecule has 0 aliphatic carbocycles. The van der Waals surface area contributed by atoms with Gasteiger partial charge in [-0.1, -0.05) is 12.1 Å². The fraction of sp³-hybridized carbons (Fsp3) is 0.273. The van der Waals surface area contributed by atoms with E-state index in [-0.39, 0.29) is 11.4 Å². The van der Waals surface area contributed by atoms with E-state index in [0.717, 1.165) is 28.1 Å². The monoisotopic (exact) mass is 386 g/mol. The van der Waals surface area contributed by atoms with Crippen LogP contribution in [0, 0.1) is 0 Å². The number of nitrogens with zero attached hydrogens (tertiary/aromatic N) is 6. The van der Waals surface area contributed by atoms with Gasteiger partial charge in [0.2, 0.25) is 0 Å². The van der Waals surface area contributed by atoms with E-state index in [9.17, 15) is 4.79 Å². The molecule has 29 heavy (non-hydrogen) atoms. The van der Waals surface area contributed by atoms with E-state index in [4.69, 9.17) is 5.10 Å². The summed E-state index contributed by atoms with van der Waals surface area (Å²) in [6.07, 6.45) is 5.58. The molecule has 0 spiro atoms. The van der Waals surface area contributed by atoms with Gasteiger partial charge < -0.3 is 9.47 Å². The lowest BCUT2D eigenvalue weighted by Crippen LogP contribution is -2.30. The van der Waals surface area contributed by atoms with Gasteiger partial charge in [0.1, 0.15) is 11.5 Å². The molecule has 1 aliphatic rings. The molecule has 1 aromatic carbocycles. The van der Waals surface area contributed by atoms with Crippen LogP contribution < -0.4 is 0 Å². The van der Waals surface area contributed by atoms with Crippen molar-refractivity contribution >= 4 is 16.9 Å². The molecule has 0 radical (unpaired) electrons. The molecule has 0 N–H and O–H groups in total. The summed E-state index contributed by atoms with van der Waals surface area (Å²) in [5.41, 5.74) is 3.72. The van der Waals surface area contributed by atoms with E-state index >= 15 is 0 Å². The lowest BCUT2D eigenvalue weighted by molar-refractivity contribution is 0.0742. The lowest BCUT2D eigenvalue weighted by Gasteiger charge is -2.24. The summed E-state index contributed by atoms with van der Waals surface area (Å²) in [5.74, 6) is 0.888. The molecule has 0 saturated carbocycles. The number of fused-ring (bicyclic) bond motifs is 2. The Balaban J connectivity index is 1.50. The third kappa shape index (κ3) is 2.90. The molecule has 1 amide bonds. The van der Waals surface area contributed by atoms with Gasteiger partial charge in [-0.25, -0.2) is 9.67 Å². The fourth-order valence-corrected chi connectivity index (χ4v) is 3.78. The molecule has 1 aliphatic heterocycles. The number of rotatable bonds is 2. The van der Waals surface area contributed by atoms with Crippen molar-refractivity contribution in [2.45, 2.75) is 39.4 Å². The maximum atomic E-state index is 13.1. The maximum Gasteiger partial charge on any atom is 0.274 e. The van der Waals surface area contributed by atoms with Crippen LogP contribution >= 0.6 is 0 Å². The number of para-hydroxylation sites is 2. The number of amides is 1. The second-order valence-electron chi connectivity index (χ2n) is 8.33. The summed E-state index contributed by atoms with van der Waals surface area (Å²) in [7, 11) is 0. The third-order valence-corrected chi connectivity index (χ3v) is 5.17. The predicted octanol–water partition coefficient (Wildman–Crippen LogP) is 3.53. The van der Waals surface area contributed by atoms with Crippen LogP contribution in [-0.2, 0) is 18.6 Å². The van der Waals surface area contributed by atoms with Gasteiger partial charge in [0.05, 0.1) is 41.6 Å². The maximum absolute atomic E-state index is 13.1. The second kappa shape index (κ2) is 6.27. The van der Waals surface area contributed by atoms with Gasteiger partial charge in [-0.05, 0) is 45.0 Å². The summed E-state index contributed by atoms with van der Waals surface area (Å²) in [6.45, 7) is 7.38. The van der Waals surface area contributed by atoms with Gasteiger partial charge in [0.15, 0.2) is 0 Å². The minimum absolute atomic E-state index is 0.123. The molecule has 0 fully saturated rings. The first kappa shape index (κ1) is 17.6. The van der Waals surface area contributed by atoms with Crippen LogP contribution in [0.15, 0.2) is 55.0 Å². The smallest absolute Gasteiger partial charge is 0.274 e. The molecule has 3 aromatic heterocycles. The van der Waals surface area contributed by atoms with Crippen LogP contribution in [0.1, 0.15) is 42.5 Å². The number of aromatic nitrogens is 5. The standard InChI is InChI=1S/C22H22N6O/c1-22(2,3)28-20(26-10-6-7-11-26)15-13-27(14-19(15)25-28)21(29)18-12-23-16-8-4-5-9-17(16)24-18/h4-12H,13-14H2,1-3H3. The molecule has 0 unspecified atom stereocenters. The lowest BCUT2D eigenvalue weighted by atomic mass is 10.1. The Bertz CT molecular complexity index is 1220. The van der Waals surface area contributed by atoms with Crippen LogP contribution in [0.3, 0.4) is 0 Å². The fourth-order valence-electron chi connectivity index (χ4n) is 3.78. The van der Waals surface area contributed by atoms with Gasteiger partial charge in [-0.15, -0.1) is 0 Å². The van der Waals surface area contributed by atoms with Gasteiger partial charge in [0.25, 0.3) is 5.91 Å². The quantitative estimate of drug-likeness (QED) is 0.528. The van der Waals surface area contributed by atoms with Crippen molar-refractivity contribution in [1.82, 2.24) is 29.2 Å². The van der Waals surface area contributed by atoms with Crippen molar-refractivity contribution in [1.29, 1.82) is 0 Å². The Hall–Kier alpha value is -3.48. The Morgan fingerprint density at radius 1 is 1.00 bits per heavy atom. The third-order valence-electron chi connectivity index (χ3n) is 5.17. The normalized spacial score (nSPS) is 13.8. The van der Waals surface area contributed by atoms with Crippen LogP contribution in [0.2, 0.25) is 0 Å². The summed E-state index contributed by atoms with van der Waals surface area (Å²) in [5, 5.41) is 4.86. The van der Waals surface area contributed by atoms with Crippen molar-refractivity contribution in [3.05, 3.63) is 71.9 Å². The SMILES string of the molecule is CC(C)(C)n1nc2c(c1-n1cccc1)CN(C(=O)c1cnc3ccccc3n1)C2. The number of carbonyl (C=O) groups excluding carboxylic acids is 1. The average molecular weight is 386 g/mol. The van der Waals surface area contributed by atoms with Crippen LogP contribution in [-0.4, -0.2) is 35.1 Å². The molecule has 5 rings (SSSR count). The summed E-state index contributed by atoms with van der Waals surface area (Å²) in [4.78, 5) is 23.8. The van der Waals surface area contributed by atoms with Gasteiger partial charge >= 0.3 is 0 Å². The number of hydrogen-bond acceptors (Lipinski definition) is 4. The van der Waals surface area contributed by atoms with Crippen molar-refractivity contribution in [3.8, 4) is 5.82 Å². The minimum atomic E-state index is -0.164. The predicted molar refractivity (Wildman–Crippen MR) is 110 cm³/mol. The van der Waals surface area contributed by atoms with Crippen LogP contribution in [0.4, 0.5) is 0 Å². The van der Waals surface area contributed by atoms with Crippen molar-refractivity contribution in [2.24, 2.45) is 0 Å². The molecule has 7 nitrogen and oxygen atoms in total. The van der Waals surface area contributed by atoms with Gasteiger partial charge in [0, 0.05) is 18.0 Å². The van der Waals surface area contributed by atoms with E-state index < -0.39 is 0 Å². The molecule has 146 valence electrons. The first-order chi connectivity index (χ1) is 13.9. The first-order valence-electron chi connectivity index (χ1n) is 9.67. The average Bonchev–Trinajstić information content (AvgIpc) is 3.42. The Morgan fingerprint density at radius 3 is 2.45 bits per heavy atom. The van der Waals surface area contributed by atoms with E-state index in [1.54, 1.807) is 11.1 Å². The highest BCUT2D eigenvalue weighted by atomic mass is 16.2. The highest BCUT2D eigenvalue weighted by Crippen LogP contribution is 2.32. The molecule has 0 saturated heterocycles. The first-order valence-corrected chi connectivity index (χ1v) is 9.67. The minimum Gasteiger partial charge on any atom is -0.327 e. The van der Waals surface area contributed by atoms with Crippen LogP contribution in [0.5, 0.6) is 0 Å². The molecule has 4 aromatic rings. The zero-order valence-corrected chi connectivity index (χ0v) is 16.7. The Morgan fingerprint density at radius 2 is 1.72 bits per heavy atom. The molecule has 0 atom stereocenters. The van der Waals surface area contributed by atoms with Crippen molar-refractivity contribution in [3.63, 3.8) is 0 Å². The molecule has 0 bridgehead atoms. The van der Waals surface area contributed by atoms with E-state index in [1.165, 1.54) is 0 Å². The summed E-state index contributed by atoms with van der Waals surface area (Å²) in [6, 6.07) is 11.6. The zero-order chi connectivity index (χ0) is 20.2. The topological polar surface area (TPSA) is 68.8 Å². The van der Waals surface area contributed by atoms with Crippen molar-refractivity contribution < 1.29 is 4.79 Å². The molecular formula is C22H22N6O. The summed E-state index contributed by atoms with van der Waals surface area (Å²) < 4.78 is 4.12. The number of hydrogen-bond donors (Lipinski definition) is 0. The number of benzene rings is 1. The van der Waals surface area contributed by atoms with E-state index in [2.05, 4.69) is 40.0 Å². The summed E-state index contributed by atoms with van der Waals surface area (Å²) >= 11 is 0. The largest absolute Gasteiger partial charge is 0.327 e. The number of carbonyl (C=O) groups is 1. The van der Waals surface area contributed by atoms with E-state index in [1.807, 2.05) is 48.8 Å². The van der Waals surface area contributed by atoms with Gasteiger partial charge in [-0.3, -0.25) is 9.78 Å². The van der Waals surface area contributed by atoms with Gasteiger partial charge in [-0.2, -0.15) is 5.10 Å². The highest BCUT2D eigenvalue weighted by Gasteiger charge is 2.34. The van der Waals surface area contributed by atoms with E-state index in [0.29, 0.717) is 18.8 Å². The molecule has 4 heterocycles.